The van der Waals surface area contributed by atoms with E-state index in [2.05, 4.69) is 19.9 Å². The number of para-hydroxylation sites is 1. The summed E-state index contributed by atoms with van der Waals surface area (Å²) in [6.45, 7) is 6.84. The summed E-state index contributed by atoms with van der Waals surface area (Å²) in [5, 5.41) is 0. The van der Waals surface area contributed by atoms with Crippen molar-refractivity contribution in [3.63, 3.8) is 0 Å². The molecular weight excluding hydrogens is 248 g/mol. The van der Waals surface area contributed by atoms with Crippen molar-refractivity contribution in [2.75, 3.05) is 19.6 Å². The van der Waals surface area contributed by atoms with Crippen molar-refractivity contribution < 1.29 is 9.47 Å². The monoisotopic (exact) mass is 268 g/mol. The quantitative estimate of drug-likeness (QED) is 0.713. The Bertz CT molecular complexity index is 411. The zero-order chi connectivity index (χ0) is 13.5. The van der Waals surface area contributed by atoms with Gasteiger partial charge in [0.15, 0.2) is 11.5 Å². The fourth-order valence-electron chi connectivity index (χ4n) is 1.69. The first kappa shape index (κ1) is 14.9. The first-order valence-corrected chi connectivity index (χ1v) is 6.73. The van der Waals surface area contributed by atoms with Crippen molar-refractivity contribution >= 4 is 17.7 Å². The highest BCUT2D eigenvalue weighted by Crippen LogP contribution is 2.33. The summed E-state index contributed by atoms with van der Waals surface area (Å²) in [5.74, 6) is 2.48. The van der Waals surface area contributed by atoms with Crippen molar-refractivity contribution in [2.24, 2.45) is 5.92 Å². The molecule has 100 valence electrons. The Morgan fingerprint density at radius 1 is 1.39 bits per heavy atom. The number of methoxy groups -OCH3 is 1. The summed E-state index contributed by atoms with van der Waals surface area (Å²) in [6, 6.07) is 5.89. The molecular formula is C15H21ClO2. The van der Waals surface area contributed by atoms with E-state index >= 15 is 0 Å². The van der Waals surface area contributed by atoms with Gasteiger partial charge in [0, 0.05) is 11.4 Å². The van der Waals surface area contributed by atoms with E-state index in [1.807, 2.05) is 25.1 Å². The molecule has 0 atom stereocenters. The van der Waals surface area contributed by atoms with E-state index in [1.54, 1.807) is 7.11 Å². The minimum Gasteiger partial charge on any atom is -0.492 e. The van der Waals surface area contributed by atoms with Gasteiger partial charge >= 0.3 is 0 Å². The van der Waals surface area contributed by atoms with E-state index in [9.17, 15) is 0 Å². The molecule has 2 nitrogen and oxygen atoms in total. The highest BCUT2D eigenvalue weighted by atomic mass is 35.5. The molecule has 0 heterocycles. The van der Waals surface area contributed by atoms with Crippen molar-refractivity contribution in [1.29, 1.82) is 0 Å². The molecule has 1 aromatic rings. The summed E-state index contributed by atoms with van der Waals surface area (Å²) in [7, 11) is 1.66. The number of rotatable bonds is 6. The van der Waals surface area contributed by atoms with Crippen molar-refractivity contribution in [3.05, 3.63) is 29.3 Å². The SMILES string of the molecule is CCOc1cccc(C=C(CCl)C(C)C)c1OC. The second-order valence-electron chi connectivity index (χ2n) is 4.32. The average Bonchev–Trinajstić information content (AvgIpc) is 2.36. The maximum Gasteiger partial charge on any atom is 0.167 e. The number of benzene rings is 1. The lowest BCUT2D eigenvalue weighted by Gasteiger charge is -2.13. The number of halogens is 1. The second-order valence-corrected chi connectivity index (χ2v) is 4.59. The second kappa shape index (κ2) is 7.32. The van der Waals surface area contributed by atoms with Crippen LogP contribution in [-0.4, -0.2) is 19.6 Å². The Morgan fingerprint density at radius 2 is 2.11 bits per heavy atom. The van der Waals surface area contributed by atoms with E-state index in [1.165, 1.54) is 5.57 Å². The van der Waals surface area contributed by atoms with E-state index in [4.69, 9.17) is 21.1 Å². The zero-order valence-corrected chi connectivity index (χ0v) is 12.3. The number of alkyl halides is 1. The molecule has 0 radical (unpaired) electrons. The maximum absolute atomic E-state index is 5.97. The maximum atomic E-state index is 5.97. The van der Waals surface area contributed by atoms with Crippen molar-refractivity contribution in [3.8, 4) is 11.5 Å². The lowest BCUT2D eigenvalue weighted by atomic mass is 10.0. The standard InChI is InChI=1S/C15H21ClO2/c1-5-18-14-8-6-7-12(15(14)17-4)9-13(10-16)11(2)3/h6-9,11H,5,10H2,1-4H3. The molecule has 1 aromatic carbocycles. The van der Waals surface area contributed by atoms with Crippen LogP contribution < -0.4 is 9.47 Å². The van der Waals surface area contributed by atoms with E-state index < -0.39 is 0 Å². The third kappa shape index (κ3) is 3.67. The van der Waals surface area contributed by atoms with Gasteiger partial charge in [-0.15, -0.1) is 11.6 Å². The highest BCUT2D eigenvalue weighted by Gasteiger charge is 2.10. The summed E-state index contributed by atoms with van der Waals surface area (Å²) in [4.78, 5) is 0. The van der Waals surface area contributed by atoms with Crippen LogP contribution in [-0.2, 0) is 0 Å². The van der Waals surface area contributed by atoms with Crippen LogP contribution in [0, 0.1) is 5.92 Å². The molecule has 18 heavy (non-hydrogen) atoms. The van der Waals surface area contributed by atoms with Gasteiger partial charge in [-0.3, -0.25) is 0 Å². The summed E-state index contributed by atoms with van der Waals surface area (Å²) >= 11 is 5.97. The Morgan fingerprint density at radius 3 is 2.61 bits per heavy atom. The minimum atomic E-state index is 0.419. The van der Waals surface area contributed by atoms with Crippen LogP contribution in [0.4, 0.5) is 0 Å². The lowest BCUT2D eigenvalue weighted by Crippen LogP contribution is -1.99. The molecule has 0 spiro atoms. The molecule has 0 saturated heterocycles. The summed E-state index contributed by atoms with van der Waals surface area (Å²) in [6.07, 6.45) is 2.08. The summed E-state index contributed by atoms with van der Waals surface area (Å²) < 4.78 is 11.0. The van der Waals surface area contributed by atoms with Gasteiger partial charge in [-0.25, -0.2) is 0 Å². The van der Waals surface area contributed by atoms with Crippen LogP contribution in [0.1, 0.15) is 26.3 Å². The van der Waals surface area contributed by atoms with Gasteiger partial charge in [0.25, 0.3) is 0 Å². The van der Waals surface area contributed by atoms with Crippen LogP contribution in [0.3, 0.4) is 0 Å². The normalized spacial score (nSPS) is 11.8. The zero-order valence-electron chi connectivity index (χ0n) is 11.5. The molecule has 0 aliphatic rings. The van der Waals surface area contributed by atoms with Crippen LogP contribution in [0.25, 0.3) is 6.08 Å². The number of hydrogen-bond acceptors (Lipinski definition) is 2. The van der Waals surface area contributed by atoms with E-state index in [0.717, 1.165) is 17.1 Å². The molecule has 0 aliphatic carbocycles. The predicted octanol–water partition coefficient (Wildman–Crippen LogP) is 4.37. The first-order valence-electron chi connectivity index (χ1n) is 6.20. The third-order valence-corrected chi connectivity index (χ3v) is 3.06. The molecule has 0 unspecified atom stereocenters. The van der Waals surface area contributed by atoms with E-state index in [0.29, 0.717) is 18.4 Å². The Balaban J connectivity index is 3.19. The highest BCUT2D eigenvalue weighted by molar-refractivity contribution is 6.19. The first-order chi connectivity index (χ1) is 8.63. The lowest BCUT2D eigenvalue weighted by molar-refractivity contribution is 0.310. The minimum absolute atomic E-state index is 0.419. The molecule has 1 rings (SSSR count). The molecule has 0 amide bonds. The number of allylic oxidation sites excluding steroid dienone is 1. The fourth-order valence-corrected chi connectivity index (χ4v) is 2.08. The van der Waals surface area contributed by atoms with Crippen LogP contribution in [0.5, 0.6) is 11.5 Å². The number of ether oxygens (including phenoxy) is 2. The van der Waals surface area contributed by atoms with E-state index in [-0.39, 0.29) is 0 Å². The topological polar surface area (TPSA) is 18.5 Å². The molecule has 3 heteroatoms. The fraction of sp³-hybridized carbons (Fsp3) is 0.467. The molecule has 0 N–H and O–H groups in total. The Labute approximate surface area is 115 Å². The van der Waals surface area contributed by atoms with Crippen molar-refractivity contribution in [2.45, 2.75) is 20.8 Å². The number of hydrogen-bond donors (Lipinski definition) is 0. The van der Waals surface area contributed by atoms with Gasteiger partial charge in [0.05, 0.1) is 13.7 Å². The van der Waals surface area contributed by atoms with Crippen molar-refractivity contribution in [1.82, 2.24) is 0 Å². The summed E-state index contributed by atoms with van der Waals surface area (Å²) in [5.41, 5.74) is 2.19. The average molecular weight is 269 g/mol. The molecule has 0 aliphatic heterocycles. The predicted molar refractivity (Wildman–Crippen MR) is 77.7 cm³/mol. The molecule has 0 fully saturated rings. The largest absolute Gasteiger partial charge is 0.492 e. The van der Waals surface area contributed by atoms with Gasteiger partial charge < -0.3 is 9.47 Å². The molecule has 0 saturated carbocycles. The van der Waals surface area contributed by atoms with Crippen LogP contribution >= 0.6 is 11.6 Å². The smallest absolute Gasteiger partial charge is 0.167 e. The Hall–Kier alpha value is -1.15. The van der Waals surface area contributed by atoms with Gasteiger partial charge in [-0.1, -0.05) is 37.6 Å². The Kier molecular flexibility index (Phi) is 6.06. The van der Waals surface area contributed by atoms with Gasteiger partial charge in [0.1, 0.15) is 0 Å². The molecule has 0 aromatic heterocycles. The third-order valence-electron chi connectivity index (χ3n) is 2.75. The van der Waals surface area contributed by atoms with Gasteiger partial charge in [0.2, 0.25) is 0 Å². The van der Waals surface area contributed by atoms with Crippen LogP contribution in [0.2, 0.25) is 0 Å². The molecule has 0 bridgehead atoms. The van der Waals surface area contributed by atoms with Gasteiger partial charge in [-0.05, 0) is 18.9 Å². The van der Waals surface area contributed by atoms with Crippen LogP contribution in [0.15, 0.2) is 23.8 Å². The van der Waals surface area contributed by atoms with Gasteiger partial charge in [-0.2, -0.15) is 0 Å².